The summed E-state index contributed by atoms with van der Waals surface area (Å²) in [7, 11) is 0. The van der Waals surface area contributed by atoms with Crippen LogP contribution in [0.15, 0.2) is 33.0 Å². The van der Waals surface area contributed by atoms with E-state index in [1.165, 1.54) is 29.7 Å². The molecule has 96 valence electrons. The van der Waals surface area contributed by atoms with Crippen LogP contribution in [0.3, 0.4) is 0 Å². The molecule has 0 aliphatic heterocycles. The number of fused-ring (bicyclic) bond motifs is 1. The van der Waals surface area contributed by atoms with Crippen LogP contribution < -0.4 is 5.43 Å². The van der Waals surface area contributed by atoms with Crippen LogP contribution in [0.2, 0.25) is 0 Å². The number of hydrogen-bond acceptors (Lipinski definition) is 6. The first-order valence-corrected chi connectivity index (χ1v) is 6.35. The van der Waals surface area contributed by atoms with Crippen molar-refractivity contribution >= 4 is 22.3 Å². The molecule has 5 nitrogen and oxygen atoms in total. The van der Waals surface area contributed by atoms with Crippen molar-refractivity contribution in [2.75, 3.05) is 0 Å². The van der Waals surface area contributed by atoms with Crippen LogP contribution in [0.1, 0.15) is 5.01 Å². The molecule has 0 aliphatic rings. The molecule has 6 heteroatoms. The molecule has 0 aliphatic carbocycles. The van der Waals surface area contributed by atoms with E-state index in [2.05, 4.69) is 4.98 Å². The fourth-order valence-electron chi connectivity index (χ4n) is 1.84. The summed E-state index contributed by atoms with van der Waals surface area (Å²) in [5, 5.41) is 21.9. The fraction of sp³-hybridized carbons (Fsp3) is 0.0769. The standard InChI is InChI=1S/C13H9NO4S/c1-6-14-9(5-19-6)8-4-18-13-7(11(8)16)2-3-10(15)12(13)17/h2-5,15,17H,1H3. The predicted octanol–water partition coefficient (Wildman–Crippen LogP) is 2.64. The Labute approximate surface area is 111 Å². The quantitative estimate of drug-likeness (QED) is 0.667. The van der Waals surface area contributed by atoms with Crippen molar-refractivity contribution in [3.05, 3.63) is 39.0 Å². The molecule has 1 aromatic carbocycles. The lowest BCUT2D eigenvalue weighted by molar-refractivity contribution is 0.399. The van der Waals surface area contributed by atoms with Crippen molar-refractivity contribution in [3.63, 3.8) is 0 Å². The second-order valence-electron chi connectivity index (χ2n) is 4.04. The summed E-state index contributed by atoms with van der Waals surface area (Å²) in [4.78, 5) is 16.5. The molecule has 0 spiro atoms. The summed E-state index contributed by atoms with van der Waals surface area (Å²) in [6.45, 7) is 1.85. The Kier molecular flexibility index (Phi) is 2.53. The van der Waals surface area contributed by atoms with Gasteiger partial charge in [-0.05, 0) is 19.1 Å². The third-order valence-electron chi connectivity index (χ3n) is 2.79. The summed E-state index contributed by atoms with van der Waals surface area (Å²) < 4.78 is 5.25. The Hall–Kier alpha value is -2.34. The number of aromatic hydroxyl groups is 2. The molecule has 2 aromatic heterocycles. The van der Waals surface area contributed by atoms with Gasteiger partial charge in [-0.25, -0.2) is 4.98 Å². The number of rotatable bonds is 1. The molecular weight excluding hydrogens is 266 g/mol. The largest absolute Gasteiger partial charge is 0.504 e. The van der Waals surface area contributed by atoms with E-state index in [0.717, 1.165) is 5.01 Å². The van der Waals surface area contributed by atoms with E-state index in [9.17, 15) is 15.0 Å². The summed E-state index contributed by atoms with van der Waals surface area (Å²) in [6.07, 6.45) is 1.25. The van der Waals surface area contributed by atoms with Gasteiger partial charge in [-0.3, -0.25) is 4.79 Å². The van der Waals surface area contributed by atoms with Crippen LogP contribution in [0.4, 0.5) is 0 Å². The zero-order valence-electron chi connectivity index (χ0n) is 9.88. The van der Waals surface area contributed by atoms with Gasteiger partial charge in [0.2, 0.25) is 11.2 Å². The minimum atomic E-state index is -0.435. The molecule has 0 bridgehead atoms. The van der Waals surface area contributed by atoms with Gasteiger partial charge in [0, 0.05) is 5.38 Å². The number of aryl methyl sites for hydroxylation is 1. The molecule has 3 rings (SSSR count). The number of benzene rings is 1. The van der Waals surface area contributed by atoms with Crippen LogP contribution in [-0.2, 0) is 0 Å². The Morgan fingerprint density at radius 3 is 2.79 bits per heavy atom. The Bertz CT molecular complexity index is 834. The SMILES string of the molecule is Cc1nc(-c2coc3c(O)c(O)ccc3c2=O)cs1. The van der Waals surface area contributed by atoms with Gasteiger partial charge in [-0.1, -0.05) is 0 Å². The highest BCUT2D eigenvalue weighted by molar-refractivity contribution is 7.09. The topological polar surface area (TPSA) is 83.6 Å². The maximum Gasteiger partial charge on any atom is 0.202 e. The first-order valence-electron chi connectivity index (χ1n) is 5.47. The van der Waals surface area contributed by atoms with Gasteiger partial charge in [-0.2, -0.15) is 0 Å². The van der Waals surface area contributed by atoms with E-state index in [1.54, 1.807) is 5.38 Å². The average Bonchev–Trinajstić information content (AvgIpc) is 2.81. The zero-order chi connectivity index (χ0) is 13.6. The highest BCUT2D eigenvalue weighted by atomic mass is 32.1. The molecular formula is C13H9NO4S. The molecule has 0 radical (unpaired) electrons. The average molecular weight is 275 g/mol. The molecule has 19 heavy (non-hydrogen) atoms. The normalized spacial score (nSPS) is 11.0. The van der Waals surface area contributed by atoms with E-state index >= 15 is 0 Å². The molecule has 0 saturated carbocycles. The Morgan fingerprint density at radius 2 is 2.11 bits per heavy atom. The number of phenols is 2. The third kappa shape index (κ3) is 1.77. The van der Waals surface area contributed by atoms with E-state index in [-0.39, 0.29) is 22.1 Å². The highest BCUT2D eigenvalue weighted by Crippen LogP contribution is 2.33. The molecule has 0 amide bonds. The van der Waals surface area contributed by atoms with Crippen LogP contribution in [0.25, 0.3) is 22.2 Å². The van der Waals surface area contributed by atoms with Crippen LogP contribution in [0, 0.1) is 6.92 Å². The minimum absolute atomic E-state index is 0.0271. The summed E-state index contributed by atoms with van der Waals surface area (Å²) in [5.41, 5.74) is 0.565. The van der Waals surface area contributed by atoms with E-state index < -0.39 is 5.75 Å². The molecule has 2 N–H and O–H groups in total. The van der Waals surface area contributed by atoms with E-state index in [4.69, 9.17) is 4.42 Å². The van der Waals surface area contributed by atoms with Gasteiger partial charge >= 0.3 is 0 Å². The number of hydrogen-bond donors (Lipinski definition) is 2. The van der Waals surface area contributed by atoms with Gasteiger partial charge in [-0.15, -0.1) is 11.3 Å². The van der Waals surface area contributed by atoms with Crippen LogP contribution >= 0.6 is 11.3 Å². The van der Waals surface area contributed by atoms with Crippen LogP contribution in [0.5, 0.6) is 11.5 Å². The lowest BCUT2D eigenvalue weighted by atomic mass is 10.1. The Balaban J connectivity index is 2.34. The first-order chi connectivity index (χ1) is 9.08. The molecule has 0 saturated heterocycles. The van der Waals surface area contributed by atoms with Crippen molar-refractivity contribution < 1.29 is 14.6 Å². The van der Waals surface area contributed by atoms with E-state index in [1.807, 2.05) is 6.92 Å². The van der Waals surface area contributed by atoms with Crippen molar-refractivity contribution in [1.82, 2.24) is 4.98 Å². The monoisotopic (exact) mass is 275 g/mol. The van der Waals surface area contributed by atoms with E-state index in [0.29, 0.717) is 11.3 Å². The number of phenolic OH excluding ortho intramolecular Hbond substituents is 2. The number of thiazole rings is 1. The molecule has 0 fully saturated rings. The molecule has 3 aromatic rings. The molecule has 0 unspecified atom stereocenters. The van der Waals surface area contributed by atoms with Gasteiger partial charge in [0.05, 0.1) is 21.7 Å². The van der Waals surface area contributed by atoms with Crippen molar-refractivity contribution in [2.45, 2.75) is 6.92 Å². The second kappa shape index (κ2) is 4.10. The van der Waals surface area contributed by atoms with Crippen molar-refractivity contribution in [1.29, 1.82) is 0 Å². The lowest BCUT2D eigenvalue weighted by Crippen LogP contribution is -2.04. The van der Waals surface area contributed by atoms with Crippen LogP contribution in [-0.4, -0.2) is 15.2 Å². The summed E-state index contributed by atoms with van der Waals surface area (Å²) in [5.74, 6) is -0.761. The minimum Gasteiger partial charge on any atom is -0.504 e. The first kappa shape index (κ1) is 11.7. The zero-order valence-corrected chi connectivity index (χ0v) is 10.7. The highest BCUT2D eigenvalue weighted by Gasteiger charge is 2.15. The van der Waals surface area contributed by atoms with Crippen molar-refractivity contribution in [3.8, 4) is 22.8 Å². The Morgan fingerprint density at radius 1 is 1.32 bits per heavy atom. The molecule has 0 atom stereocenters. The lowest BCUT2D eigenvalue weighted by Gasteiger charge is -2.03. The van der Waals surface area contributed by atoms with Gasteiger partial charge in [0.1, 0.15) is 6.26 Å². The molecule has 2 heterocycles. The summed E-state index contributed by atoms with van der Waals surface area (Å²) in [6, 6.07) is 2.67. The third-order valence-corrected chi connectivity index (χ3v) is 3.56. The second-order valence-corrected chi connectivity index (χ2v) is 5.10. The smallest absolute Gasteiger partial charge is 0.202 e. The van der Waals surface area contributed by atoms with Crippen molar-refractivity contribution in [2.24, 2.45) is 0 Å². The predicted molar refractivity (Wildman–Crippen MR) is 71.7 cm³/mol. The maximum atomic E-state index is 12.3. The maximum absolute atomic E-state index is 12.3. The van der Waals surface area contributed by atoms with Gasteiger partial charge in [0.25, 0.3) is 0 Å². The van der Waals surface area contributed by atoms with Gasteiger partial charge < -0.3 is 14.6 Å². The number of aromatic nitrogens is 1. The van der Waals surface area contributed by atoms with Gasteiger partial charge in [0.15, 0.2) is 11.3 Å². The number of nitrogens with zero attached hydrogens (tertiary/aromatic N) is 1. The summed E-state index contributed by atoms with van der Waals surface area (Å²) >= 11 is 1.44. The fourth-order valence-corrected chi connectivity index (χ4v) is 2.45.